The normalized spacial score (nSPS) is 22.2. The standard InChI is InChI=1S/C16H18N4O/c1-11-9-20(10-13(8-18)21-11)15-5-4-12(7-17)16-14(15)3-2-6-19-16/h2-6,11,13H,8-10,18H2,1H3/t11-,13+/m1/s1. The zero-order chi connectivity index (χ0) is 14.8. The zero-order valence-corrected chi connectivity index (χ0v) is 12.0. The van der Waals surface area contributed by atoms with Gasteiger partial charge in [-0.3, -0.25) is 4.98 Å². The fraction of sp³-hybridized carbons (Fsp3) is 0.375. The van der Waals surface area contributed by atoms with Crippen LogP contribution in [0.2, 0.25) is 0 Å². The highest BCUT2D eigenvalue weighted by molar-refractivity contribution is 5.95. The first-order chi connectivity index (χ1) is 10.2. The first kappa shape index (κ1) is 13.8. The molecule has 1 aliphatic rings. The van der Waals surface area contributed by atoms with Crippen molar-refractivity contribution in [2.45, 2.75) is 19.1 Å². The molecule has 0 unspecified atom stereocenters. The van der Waals surface area contributed by atoms with Gasteiger partial charge in [-0.1, -0.05) is 0 Å². The molecule has 0 aliphatic carbocycles. The van der Waals surface area contributed by atoms with E-state index in [0.29, 0.717) is 12.1 Å². The first-order valence-electron chi connectivity index (χ1n) is 7.11. The van der Waals surface area contributed by atoms with Crippen LogP contribution in [0.15, 0.2) is 30.5 Å². The lowest BCUT2D eigenvalue weighted by Gasteiger charge is -2.38. The van der Waals surface area contributed by atoms with Crippen molar-refractivity contribution < 1.29 is 4.74 Å². The third-order valence-electron chi connectivity index (χ3n) is 3.80. The van der Waals surface area contributed by atoms with Crippen molar-refractivity contribution in [1.82, 2.24) is 4.98 Å². The highest BCUT2D eigenvalue weighted by Crippen LogP contribution is 2.30. The number of nitrogens with two attached hydrogens (primary N) is 1. The number of rotatable bonds is 2. The summed E-state index contributed by atoms with van der Waals surface area (Å²) < 4.78 is 5.81. The Bertz CT molecular complexity index is 694. The number of fused-ring (bicyclic) bond motifs is 1. The van der Waals surface area contributed by atoms with Gasteiger partial charge in [0.2, 0.25) is 0 Å². The van der Waals surface area contributed by atoms with Gasteiger partial charge < -0.3 is 15.4 Å². The Balaban J connectivity index is 2.07. The Morgan fingerprint density at radius 1 is 1.43 bits per heavy atom. The minimum atomic E-state index is 0.0381. The van der Waals surface area contributed by atoms with E-state index in [1.54, 1.807) is 6.20 Å². The fourth-order valence-electron chi connectivity index (χ4n) is 2.90. The van der Waals surface area contributed by atoms with Crippen molar-refractivity contribution in [3.05, 3.63) is 36.0 Å². The lowest BCUT2D eigenvalue weighted by molar-refractivity contribution is -0.0103. The lowest BCUT2D eigenvalue weighted by atomic mass is 10.1. The molecule has 21 heavy (non-hydrogen) atoms. The van der Waals surface area contributed by atoms with Crippen molar-refractivity contribution in [2.75, 3.05) is 24.5 Å². The summed E-state index contributed by atoms with van der Waals surface area (Å²) >= 11 is 0. The van der Waals surface area contributed by atoms with Crippen LogP contribution >= 0.6 is 0 Å². The van der Waals surface area contributed by atoms with Crippen LogP contribution in [0.4, 0.5) is 5.69 Å². The molecular weight excluding hydrogens is 264 g/mol. The van der Waals surface area contributed by atoms with E-state index in [9.17, 15) is 5.26 Å². The number of benzene rings is 1. The topological polar surface area (TPSA) is 75.2 Å². The van der Waals surface area contributed by atoms with Gasteiger partial charge in [-0.2, -0.15) is 5.26 Å². The number of nitriles is 1. The predicted octanol–water partition coefficient (Wildman–Crippen LogP) is 1.66. The molecule has 0 bridgehead atoms. The van der Waals surface area contributed by atoms with E-state index in [0.717, 1.165) is 29.7 Å². The third-order valence-corrected chi connectivity index (χ3v) is 3.80. The SMILES string of the molecule is C[C@@H]1CN(c2ccc(C#N)c3ncccc23)C[C@H](CN)O1. The molecule has 1 aromatic heterocycles. The van der Waals surface area contributed by atoms with E-state index in [4.69, 9.17) is 10.5 Å². The monoisotopic (exact) mass is 282 g/mol. The lowest BCUT2D eigenvalue weighted by Crippen LogP contribution is -2.49. The second-order valence-corrected chi connectivity index (χ2v) is 5.35. The molecule has 1 fully saturated rings. The van der Waals surface area contributed by atoms with Gasteiger partial charge in [0, 0.05) is 36.9 Å². The number of nitrogens with zero attached hydrogens (tertiary/aromatic N) is 3. The Hall–Kier alpha value is -2.16. The highest BCUT2D eigenvalue weighted by atomic mass is 16.5. The molecule has 108 valence electrons. The molecule has 2 aromatic rings. The summed E-state index contributed by atoms with van der Waals surface area (Å²) in [5.41, 5.74) is 8.20. The van der Waals surface area contributed by atoms with Gasteiger partial charge in [0.15, 0.2) is 0 Å². The maximum Gasteiger partial charge on any atom is 0.101 e. The number of aromatic nitrogens is 1. The van der Waals surface area contributed by atoms with Crippen LogP contribution in [0.3, 0.4) is 0 Å². The van der Waals surface area contributed by atoms with Gasteiger partial charge >= 0.3 is 0 Å². The number of hydrogen-bond acceptors (Lipinski definition) is 5. The second-order valence-electron chi connectivity index (χ2n) is 5.35. The minimum absolute atomic E-state index is 0.0381. The molecule has 1 saturated heterocycles. The molecule has 2 atom stereocenters. The zero-order valence-electron chi connectivity index (χ0n) is 12.0. The predicted molar refractivity (Wildman–Crippen MR) is 82.1 cm³/mol. The van der Waals surface area contributed by atoms with Gasteiger partial charge in [-0.25, -0.2) is 0 Å². The van der Waals surface area contributed by atoms with Crippen molar-refractivity contribution in [2.24, 2.45) is 5.73 Å². The van der Waals surface area contributed by atoms with Crippen LogP contribution in [0, 0.1) is 11.3 Å². The van der Waals surface area contributed by atoms with Crippen LogP contribution < -0.4 is 10.6 Å². The quantitative estimate of drug-likeness (QED) is 0.906. The van der Waals surface area contributed by atoms with Gasteiger partial charge in [0.1, 0.15) is 6.07 Å². The summed E-state index contributed by atoms with van der Waals surface area (Å²) in [6.45, 7) is 4.13. The molecule has 5 nitrogen and oxygen atoms in total. The number of anilines is 1. The molecular formula is C16H18N4O. The summed E-state index contributed by atoms with van der Waals surface area (Å²) in [7, 11) is 0. The van der Waals surface area contributed by atoms with E-state index in [2.05, 4.69) is 22.9 Å². The molecule has 2 N–H and O–H groups in total. The summed E-state index contributed by atoms with van der Waals surface area (Å²) in [5, 5.41) is 10.2. The van der Waals surface area contributed by atoms with Crippen molar-refractivity contribution in [1.29, 1.82) is 5.26 Å². The maximum atomic E-state index is 9.22. The van der Waals surface area contributed by atoms with Gasteiger partial charge in [0.05, 0.1) is 23.3 Å². The summed E-state index contributed by atoms with van der Waals surface area (Å²) in [5.74, 6) is 0. The summed E-state index contributed by atoms with van der Waals surface area (Å²) in [6, 6.07) is 9.94. The Kier molecular flexibility index (Phi) is 3.74. The third kappa shape index (κ3) is 2.56. The number of pyridine rings is 1. The molecule has 1 aromatic carbocycles. The van der Waals surface area contributed by atoms with E-state index >= 15 is 0 Å². The van der Waals surface area contributed by atoms with Gasteiger partial charge in [-0.05, 0) is 31.2 Å². The van der Waals surface area contributed by atoms with Crippen LogP contribution in [0.25, 0.3) is 10.9 Å². The van der Waals surface area contributed by atoms with E-state index < -0.39 is 0 Å². The van der Waals surface area contributed by atoms with E-state index in [1.807, 2.05) is 24.3 Å². The number of ether oxygens (including phenoxy) is 1. The van der Waals surface area contributed by atoms with Crippen LogP contribution in [0.1, 0.15) is 12.5 Å². The Morgan fingerprint density at radius 3 is 3.05 bits per heavy atom. The fourth-order valence-corrected chi connectivity index (χ4v) is 2.90. The van der Waals surface area contributed by atoms with Crippen LogP contribution in [-0.4, -0.2) is 36.8 Å². The molecule has 0 saturated carbocycles. The van der Waals surface area contributed by atoms with Gasteiger partial charge in [-0.15, -0.1) is 0 Å². The second kappa shape index (κ2) is 5.68. The van der Waals surface area contributed by atoms with Crippen LogP contribution in [0.5, 0.6) is 0 Å². The van der Waals surface area contributed by atoms with Crippen molar-refractivity contribution in [3.63, 3.8) is 0 Å². The van der Waals surface area contributed by atoms with Crippen LogP contribution in [-0.2, 0) is 4.74 Å². The molecule has 0 radical (unpaired) electrons. The maximum absolute atomic E-state index is 9.22. The van der Waals surface area contributed by atoms with Crippen molar-refractivity contribution >= 4 is 16.6 Å². The average Bonchev–Trinajstić information content (AvgIpc) is 2.53. The molecule has 0 spiro atoms. The van der Waals surface area contributed by atoms with E-state index in [1.165, 1.54) is 0 Å². The molecule has 3 rings (SSSR count). The van der Waals surface area contributed by atoms with Crippen molar-refractivity contribution in [3.8, 4) is 6.07 Å². The van der Waals surface area contributed by atoms with Gasteiger partial charge in [0.25, 0.3) is 0 Å². The summed E-state index contributed by atoms with van der Waals surface area (Å²) in [6.07, 6.45) is 1.89. The Labute approximate surface area is 123 Å². The highest BCUT2D eigenvalue weighted by Gasteiger charge is 2.25. The Morgan fingerprint density at radius 2 is 2.29 bits per heavy atom. The largest absolute Gasteiger partial charge is 0.370 e. The molecule has 0 amide bonds. The smallest absolute Gasteiger partial charge is 0.101 e. The molecule has 5 heteroatoms. The average molecular weight is 282 g/mol. The molecule has 2 heterocycles. The number of hydrogen-bond donors (Lipinski definition) is 1. The van der Waals surface area contributed by atoms with E-state index in [-0.39, 0.29) is 12.2 Å². The first-order valence-corrected chi connectivity index (χ1v) is 7.11. The minimum Gasteiger partial charge on any atom is -0.370 e. The molecule has 1 aliphatic heterocycles. The summed E-state index contributed by atoms with van der Waals surface area (Å²) in [4.78, 5) is 6.64. The number of morpholine rings is 1.